The molecule has 1 fully saturated rings. The van der Waals surface area contributed by atoms with Gasteiger partial charge >= 0.3 is 5.97 Å². The highest BCUT2D eigenvalue weighted by Crippen LogP contribution is 2.23. The van der Waals surface area contributed by atoms with Gasteiger partial charge in [-0.15, -0.1) is 0 Å². The highest BCUT2D eigenvalue weighted by atomic mass is 16.5. The van der Waals surface area contributed by atoms with Crippen LogP contribution in [0.2, 0.25) is 0 Å². The van der Waals surface area contributed by atoms with Gasteiger partial charge in [0.25, 0.3) is 0 Å². The highest BCUT2D eigenvalue weighted by molar-refractivity contribution is 5.66. The molecule has 2 nitrogen and oxygen atoms in total. The molecule has 0 bridgehead atoms. The van der Waals surface area contributed by atoms with Crippen molar-refractivity contribution in [1.82, 2.24) is 0 Å². The quantitative estimate of drug-likeness (QED) is 0.427. The third kappa shape index (κ3) is 2.74. The number of esters is 1. The summed E-state index contributed by atoms with van der Waals surface area (Å²) in [6.45, 7) is 5.35. The van der Waals surface area contributed by atoms with Gasteiger partial charge in [-0.1, -0.05) is 12.2 Å². The van der Waals surface area contributed by atoms with Crippen LogP contribution < -0.4 is 0 Å². The predicted molar refractivity (Wildman–Crippen MR) is 43.2 cm³/mol. The van der Waals surface area contributed by atoms with E-state index in [2.05, 4.69) is 6.58 Å². The summed E-state index contributed by atoms with van der Waals surface area (Å²) in [4.78, 5) is 10.5. The first-order valence-corrected chi connectivity index (χ1v) is 4.02. The maximum Gasteiger partial charge on any atom is 0.302 e. The van der Waals surface area contributed by atoms with Crippen molar-refractivity contribution in [3.63, 3.8) is 0 Å². The lowest BCUT2D eigenvalue weighted by molar-refractivity contribution is -0.147. The maximum absolute atomic E-state index is 10.5. The molecule has 0 amide bonds. The molecule has 0 heterocycles. The van der Waals surface area contributed by atoms with Crippen LogP contribution in [-0.2, 0) is 9.53 Å². The summed E-state index contributed by atoms with van der Waals surface area (Å²) in [5.41, 5.74) is 1.29. The molecular weight excluding hydrogens is 140 g/mol. The minimum Gasteiger partial charge on any atom is -0.463 e. The number of rotatable bonds is 1. The fourth-order valence-corrected chi connectivity index (χ4v) is 1.35. The molecule has 0 radical (unpaired) electrons. The van der Waals surface area contributed by atoms with Crippen LogP contribution in [-0.4, -0.2) is 12.1 Å². The van der Waals surface area contributed by atoms with Gasteiger partial charge < -0.3 is 4.74 Å². The van der Waals surface area contributed by atoms with Gasteiger partial charge in [0.05, 0.1) is 0 Å². The zero-order chi connectivity index (χ0) is 8.27. The Morgan fingerprint density at radius 3 is 2.55 bits per heavy atom. The summed E-state index contributed by atoms with van der Waals surface area (Å²) >= 11 is 0. The fourth-order valence-electron chi connectivity index (χ4n) is 1.35. The average molecular weight is 154 g/mol. The Kier molecular flexibility index (Phi) is 2.69. The molecule has 0 unspecified atom stereocenters. The molecule has 0 N–H and O–H groups in total. The first-order valence-electron chi connectivity index (χ1n) is 4.02. The van der Waals surface area contributed by atoms with Crippen molar-refractivity contribution in [2.45, 2.75) is 38.7 Å². The fraction of sp³-hybridized carbons (Fsp3) is 0.667. The van der Waals surface area contributed by atoms with E-state index in [-0.39, 0.29) is 12.1 Å². The largest absolute Gasteiger partial charge is 0.463 e. The summed E-state index contributed by atoms with van der Waals surface area (Å²) in [5, 5.41) is 0. The third-order valence-electron chi connectivity index (χ3n) is 1.97. The minimum absolute atomic E-state index is 0.151. The SMILES string of the molecule is C=C1CCC(OC(C)=O)CC1. The molecule has 1 rings (SSSR count). The number of hydrogen-bond acceptors (Lipinski definition) is 2. The second-order valence-electron chi connectivity index (χ2n) is 3.06. The Balaban J connectivity index is 2.28. The number of carbonyl (C=O) groups is 1. The summed E-state index contributed by atoms with van der Waals surface area (Å²) in [6.07, 6.45) is 4.09. The van der Waals surface area contributed by atoms with E-state index in [1.807, 2.05) is 0 Å². The number of ether oxygens (including phenoxy) is 1. The van der Waals surface area contributed by atoms with E-state index in [0.29, 0.717) is 0 Å². The van der Waals surface area contributed by atoms with Crippen LogP contribution in [0.5, 0.6) is 0 Å². The van der Waals surface area contributed by atoms with Gasteiger partial charge in [-0.3, -0.25) is 4.79 Å². The summed E-state index contributed by atoms with van der Waals surface area (Å²) < 4.78 is 5.06. The van der Waals surface area contributed by atoms with Crippen LogP contribution in [0.1, 0.15) is 32.6 Å². The molecule has 0 aromatic heterocycles. The van der Waals surface area contributed by atoms with E-state index >= 15 is 0 Å². The van der Waals surface area contributed by atoms with Crippen LogP contribution in [0.4, 0.5) is 0 Å². The van der Waals surface area contributed by atoms with Gasteiger partial charge in [0.1, 0.15) is 6.10 Å². The maximum atomic E-state index is 10.5. The lowest BCUT2D eigenvalue weighted by Gasteiger charge is -2.22. The standard InChI is InChI=1S/C9H14O2/c1-7-3-5-9(6-4-7)11-8(2)10/h9H,1,3-6H2,2H3. The van der Waals surface area contributed by atoms with E-state index in [1.165, 1.54) is 12.5 Å². The van der Waals surface area contributed by atoms with Gasteiger partial charge in [-0.2, -0.15) is 0 Å². The van der Waals surface area contributed by atoms with Crippen LogP contribution >= 0.6 is 0 Å². The number of hydrogen-bond donors (Lipinski definition) is 0. The van der Waals surface area contributed by atoms with Crippen LogP contribution in [0.25, 0.3) is 0 Å². The molecule has 2 heteroatoms. The van der Waals surface area contributed by atoms with Crippen molar-refractivity contribution in [3.05, 3.63) is 12.2 Å². The first-order chi connectivity index (χ1) is 5.18. The van der Waals surface area contributed by atoms with Crippen LogP contribution in [0.3, 0.4) is 0 Å². The molecular formula is C9H14O2. The van der Waals surface area contributed by atoms with Crippen LogP contribution in [0.15, 0.2) is 12.2 Å². The van der Waals surface area contributed by atoms with Crippen molar-refractivity contribution >= 4 is 5.97 Å². The van der Waals surface area contributed by atoms with Gasteiger partial charge in [0, 0.05) is 6.92 Å². The van der Waals surface area contributed by atoms with Gasteiger partial charge in [-0.05, 0) is 25.7 Å². The monoisotopic (exact) mass is 154 g/mol. The highest BCUT2D eigenvalue weighted by Gasteiger charge is 2.17. The Labute approximate surface area is 67.2 Å². The summed E-state index contributed by atoms with van der Waals surface area (Å²) in [5.74, 6) is -0.164. The molecule has 1 aliphatic rings. The smallest absolute Gasteiger partial charge is 0.302 e. The normalized spacial score (nSPS) is 19.9. The van der Waals surface area contributed by atoms with E-state index < -0.39 is 0 Å². The third-order valence-corrected chi connectivity index (χ3v) is 1.97. The topological polar surface area (TPSA) is 26.3 Å². The van der Waals surface area contributed by atoms with Gasteiger partial charge in [0.15, 0.2) is 0 Å². The molecule has 0 spiro atoms. The first kappa shape index (κ1) is 8.31. The Morgan fingerprint density at radius 1 is 1.55 bits per heavy atom. The van der Waals surface area contributed by atoms with Crippen molar-refractivity contribution in [2.75, 3.05) is 0 Å². The minimum atomic E-state index is -0.164. The van der Waals surface area contributed by atoms with E-state index in [9.17, 15) is 4.79 Å². The molecule has 1 saturated carbocycles. The lowest BCUT2D eigenvalue weighted by Crippen LogP contribution is -2.19. The zero-order valence-electron chi connectivity index (χ0n) is 6.93. The Hall–Kier alpha value is -0.790. The van der Waals surface area contributed by atoms with E-state index in [0.717, 1.165) is 25.7 Å². The molecule has 0 atom stereocenters. The molecule has 62 valence electrons. The average Bonchev–Trinajstić information content (AvgIpc) is 1.93. The molecule has 11 heavy (non-hydrogen) atoms. The second kappa shape index (κ2) is 3.56. The van der Waals surface area contributed by atoms with Crippen LogP contribution in [0, 0.1) is 0 Å². The number of carbonyl (C=O) groups excluding carboxylic acids is 1. The predicted octanol–water partition coefficient (Wildman–Crippen LogP) is 2.05. The molecule has 0 aromatic rings. The van der Waals surface area contributed by atoms with E-state index in [4.69, 9.17) is 4.74 Å². The van der Waals surface area contributed by atoms with Gasteiger partial charge in [0.2, 0.25) is 0 Å². The molecule has 1 aliphatic carbocycles. The molecule has 0 aromatic carbocycles. The summed E-state index contributed by atoms with van der Waals surface area (Å²) in [6, 6.07) is 0. The lowest BCUT2D eigenvalue weighted by atomic mass is 9.94. The molecule has 0 aliphatic heterocycles. The Morgan fingerprint density at radius 2 is 2.09 bits per heavy atom. The Bertz CT molecular complexity index is 162. The van der Waals surface area contributed by atoms with Crippen molar-refractivity contribution in [1.29, 1.82) is 0 Å². The van der Waals surface area contributed by atoms with E-state index in [1.54, 1.807) is 0 Å². The summed E-state index contributed by atoms with van der Waals surface area (Å²) in [7, 11) is 0. The van der Waals surface area contributed by atoms with Crippen molar-refractivity contribution in [2.24, 2.45) is 0 Å². The zero-order valence-corrected chi connectivity index (χ0v) is 6.93. The van der Waals surface area contributed by atoms with Crippen molar-refractivity contribution in [3.8, 4) is 0 Å². The second-order valence-corrected chi connectivity index (χ2v) is 3.06. The van der Waals surface area contributed by atoms with Gasteiger partial charge in [-0.25, -0.2) is 0 Å². The van der Waals surface area contributed by atoms with Crippen molar-refractivity contribution < 1.29 is 9.53 Å². The molecule has 0 saturated heterocycles. The number of allylic oxidation sites excluding steroid dienone is 1.